The number of hydrogen-bond acceptors (Lipinski definition) is 4. The lowest BCUT2D eigenvalue weighted by atomic mass is 10.2. The Morgan fingerprint density at radius 1 is 1.16 bits per heavy atom. The number of nitrogens with zero attached hydrogens (tertiary/aromatic N) is 2. The number of carbonyl (C=O) groups is 2. The fourth-order valence-electron chi connectivity index (χ4n) is 1.45. The zero-order chi connectivity index (χ0) is 13.7. The summed E-state index contributed by atoms with van der Waals surface area (Å²) in [7, 11) is 0. The van der Waals surface area contributed by atoms with Crippen molar-refractivity contribution < 1.29 is 9.59 Å². The molecule has 0 saturated heterocycles. The first kappa shape index (κ1) is 12.7. The summed E-state index contributed by atoms with van der Waals surface area (Å²) >= 11 is 0. The molecule has 2 aromatic rings. The van der Waals surface area contributed by atoms with Gasteiger partial charge in [-0.15, -0.1) is 0 Å². The molecule has 0 spiro atoms. The Morgan fingerprint density at radius 3 is 2.58 bits per heavy atom. The molecular formula is C13H12N4O2. The van der Waals surface area contributed by atoms with Gasteiger partial charge in [-0.3, -0.25) is 19.6 Å². The maximum atomic E-state index is 11.8. The van der Waals surface area contributed by atoms with Crippen molar-refractivity contribution >= 4 is 11.8 Å². The predicted octanol–water partition coefficient (Wildman–Crippen LogP) is 0.505. The van der Waals surface area contributed by atoms with E-state index in [0.717, 1.165) is 5.69 Å². The minimum Gasteiger partial charge on any atom is -0.364 e. The van der Waals surface area contributed by atoms with Gasteiger partial charge in [0.15, 0.2) is 0 Å². The lowest BCUT2D eigenvalue weighted by molar-refractivity contribution is 0.0946. The number of carbonyl (C=O) groups excluding carboxylic acids is 2. The van der Waals surface area contributed by atoms with Gasteiger partial charge in [0, 0.05) is 12.4 Å². The van der Waals surface area contributed by atoms with E-state index in [1.54, 1.807) is 12.3 Å². The summed E-state index contributed by atoms with van der Waals surface area (Å²) in [6.07, 6.45) is 2.97. The molecule has 2 aromatic heterocycles. The number of amides is 2. The highest BCUT2D eigenvalue weighted by Crippen LogP contribution is 2.01. The van der Waals surface area contributed by atoms with Crippen molar-refractivity contribution in [3.8, 4) is 0 Å². The SMILES string of the molecule is NC(=O)c1ccc(C(=O)NCc2ccccn2)cn1. The summed E-state index contributed by atoms with van der Waals surface area (Å²) in [4.78, 5) is 30.5. The molecule has 19 heavy (non-hydrogen) atoms. The molecular weight excluding hydrogens is 244 g/mol. The van der Waals surface area contributed by atoms with Crippen LogP contribution in [0.15, 0.2) is 42.7 Å². The van der Waals surface area contributed by atoms with Crippen molar-refractivity contribution in [2.75, 3.05) is 0 Å². The normalized spacial score (nSPS) is 9.89. The van der Waals surface area contributed by atoms with E-state index in [9.17, 15) is 9.59 Å². The maximum absolute atomic E-state index is 11.8. The molecule has 0 radical (unpaired) electrons. The average molecular weight is 256 g/mol. The third kappa shape index (κ3) is 3.35. The lowest BCUT2D eigenvalue weighted by Gasteiger charge is -2.04. The van der Waals surface area contributed by atoms with Crippen LogP contribution in [-0.4, -0.2) is 21.8 Å². The number of pyridine rings is 2. The molecule has 6 nitrogen and oxygen atoms in total. The van der Waals surface area contributed by atoms with E-state index >= 15 is 0 Å². The molecule has 0 aliphatic heterocycles. The van der Waals surface area contributed by atoms with Crippen molar-refractivity contribution in [3.63, 3.8) is 0 Å². The van der Waals surface area contributed by atoms with E-state index in [0.29, 0.717) is 12.1 Å². The third-order valence-corrected chi connectivity index (χ3v) is 2.43. The molecule has 0 aromatic carbocycles. The molecule has 96 valence electrons. The van der Waals surface area contributed by atoms with E-state index in [4.69, 9.17) is 5.73 Å². The van der Waals surface area contributed by atoms with E-state index in [-0.39, 0.29) is 11.6 Å². The average Bonchev–Trinajstić information content (AvgIpc) is 2.46. The largest absolute Gasteiger partial charge is 0.364 e. The van der Waals surface area contributed by atoms with Crippen LogP contribution in [0.5, 0.6) is 0 Å². The van der Waals surface area contributed by atoms with Gasteiger partial charge in [0.1, 0.15) is 5.69 Å². The fourth-order valence-corrected chi connectivity index (χ4v) is 1.45. The van der Waals surface area contributed by atoms with Crippen LogP contribution < -0.4 is 11.1 Å². The monoisotopic (exact) mass is 256 g/mol. The zero-order valence-electron chi connectivity index (χ0n) is 10.0. The molecule has 2 heterocycles. The first-order valence-electron chi connectivity index (χ1n) is 5.61. The van der Waals surface area contributed by atoms with Crippen molar-refractivity contribution in [2.45, 2.75) is 6.54 Å². The van der Waals surface area contributed by atoms with Gasteiger partial charge in [-0.1, -0.05) is 6.07 Å². The van der Waals surface area contributed by atoms with Crippen LogP contribution >= 0.6 is 0 Å². The van der Waals surface area contributed by atoms with Gasteiger partial charge in [0.2, 0.25) is 0 Å². The first-order chi connectivity index (χ1) is 9.16. The molecule has 0 aliphatic carbocycles. The topological polar surface area (TPSA) is 98.0 Å². The number of rotatable bonds is 4. The van der Waals surface area contributed by atoms with Crippen molar-refractivity contribution in [2.24, 2.45) is 5.73 Å². The van der Waals surface area contributed by atoms with Crippen molar-refractivity contribution in [1.29, 1.82) is 0 Å². The Balaban J connectivity index is 1.98. The van der Waals surface area contributed by atoms with Gasteiger partial charge in [0.25, 0.3) is 11.8 Å². The molecule has 0 aliphatic rings. The van der Waals surface area contributed by atoms with E-state index in [1.807, 2.05) is 12.1 Å². The van der Waals surface area contributed by atoms with E-state index in [2.05, 4.69) is 15.3 Å². The fraction of sp³-hybridized carbons (Fsp3) is 0.0769. The number of hydrogen-bond donors (Lipinski definition) is 2. The van der Waals surface area contributed by atoms with E-state index < -0.39 is 5.91 Å². The van der Waals surface area contributed by atoms with Gasteiger partial charge in [-0.2, -0.15) is 0 Å². The second kappa shape index (κ2) is 5.72. The molecule has 3 N–H and O–H groups in total. The Labute approximate surface area is 109 Å². The second-order valence-electron chi connectivity index (χ2n) is 3.80. The maximum Gasteiger partial charge on any atom is 0.267 e. The number of aromatic nitrogens is 2. The molecule has 0 saturated carbocycles. The van der Waals surface area contributed by atoms with Crippen LogP contribution in [0.2, 0.25) is 0 Å². The summed E-state index contributed by atoms with van der Waals surface area (Å²) in [5, 5.41) is 2.71. The smallest absolute Gasteiger partial charge is 0.267 e. The summed E-state index contributed by atoms with van der Waals surface area (Å²) in [6.45, 7) is 0.331. The predicted molar refractivity (Wildman–Crippen MR) is 68.2 cm³/mol. The highest BCUT2D eigenvalue weighted by atomic mass is 16.2. The molecule has 0 atom stereocenters. The third-order valence-electron chi connectivity index (χ3n) is 2.43. The summed E-state index contributed by atoms with van der Waals surface area (Å²) in [5.74, 6) is -0.908. The molecule has 0 fully saturated rings. The van der Waals surface area contributed by atoms with Crippen LogP contribution in [0.1, 0.15) is 26.5 Å². The Bertz CT molecular complexity index is 581. The summed E-state index contributed by atoms with van der Waals surface area (Å²) < 4.78 is 0. The Kier molecular flexibility index (Phi) is 3.82. The van der Waals surface area contributed by atoms with Crippen LogP contribution in [0.25, 0.3) is 0 Å². The van der Waals surface area contributed by atoms with Gasteiger partial charge in [-0.25, -0.2) is 0 Å². The highest BCUT2D eigenvalue weighted by Gasteiger charge is 2.08. The van der Waals surface area contributed by atoms with Crippen LogP contribution in [0, 0.1) is 0 Å². The van der Waals surface area contributed by atoms with Crippen molar-refractivity contribution in [3.05, 3.63) is 59.7 Å². The van der Waals surface area contributed by atoms with Crippen LogP contribution in [-0.2, 0) is 6.54 Å². The number of nitrogens with one attached hydrogen (secondary N) is 1. The lowest BCUT2D eigenvalue weighted by Crippen LogP contribution is -2.23. The first-order valence-corrected chi connectivity index (χ1v) is 5.61. The standard InChI is InChI=1S/C13H12N4O2/c14-12(18)11-5-4-9(7-16-11)13(19)17-8-10-3-1-2-6-15-10/h1-7H,8H2,(H2,14,18)(H,17,19). The Morgan fingerprint density at radius 2 is 2.00 bits per heavy atom. The van der Waals surface area contributed by atoms with E-state index in [1.165, 1.54) is 18.3 Å². The second-order valence-corrected chi connectivity index (χ2v) is 3.80. The Hall–Kier alpha value is -2.76. The molecule has 2 amide bonds. The molecule has 6 heteroatoms. The molecule has 0 bridgehead atoms. The minimum absolute atomic E-state index is 0.126. The molecule has 0 unspecified atom stereocenters. The van der Waals surface area contributed by atoms with Crippen LogP contribution in [0.3, 0.4) is 0 Å². The van der Waals surface area contributed by atoms with Gasteiger partial charge >= 0.3 is 0 Å². The molecule has 2 rings (SSSR count). The van der Waals surface area contributed by atoms with Crippen molar-refractivity contribution in [1.82, 2.24) is 15.3 Å². The minimum atomic E-state index is -0.625. The summed E-state index contributed by atoms with van der Waals surface area (Å²) in [6, 6.07) is 8.38. The number of nitrogens with two attached hydrogens (primary N) is 1. The number of primary amides is 1. The summed E-state index contributed by atoms with van der Waals surface area (Å²) in [5.41, 5.74) is 6.31. The highest BCUT2D eigenvalue weighted by molar-refractivity contribution is 5.95. The van der Waals surface area contributed by atoms with Gasteiger partial charge < -0.3 is 11.1 Å². The van der Waals surface area contributed by atoms with Gasteiger partial charge in [0.05, 0.1) is 17.8 Å². The quantitative estimate of drug-likeness (QED) is 0.832. The van der Waals surface area contributed by atoms with Gasteiger partial charge in [-0.05, 0) is 24.3 Å². The van der Waals surface area contributed by atoms with Crippen LogP contribution in [0.4, 0.5) is 0 Å². The zero-order valence-corrected chi connectivity index (χ0v) is 10.0.